The standard InChI is InChI=1S/C56H42N2S2/c1-55(2)43-23-33-15-11-13-17-35(33)25-47(43)57(37-19-7-5-8-20-37)49-27-39-41-29-52-42(30-51(41)59-53(39)31-45(49)55)40-28-50-46(32-54(40)60-52)56(3,4)44-24-34-16-12-14-18-36(34)26-48(44)58(50)38-21-9-6-10-22-38/h5-32,39,53H,1-4H3. The molecule has 3 aliphatic heterocycles. The summed E-state index contributed by atoms with van der Waals surface area (Å²) in [4.78, 5) is 6.47. The highest BCUT2D eigenvalue weighted by atomic mass is 32.2. The van der Waals surface area contributed by atoms with Crippen molar-refractivity contribution in [1.82, 2.24) is 0 Å². The predicted molar refractivity (Wildman–Crippen MR) is 258 cm³/mol. The third-order valence-corrected chi connectivity index (χ3v) is 16.5. The molecule has 0 radical (unpaired) electrons. The highest BCUT2D eigenvalue weighted by molar-refractivity contribution is 8.00. The first-order chi connectivity index (χ1) is 29.2. The highest BCUT2D eigenvalue weighted by Crippen LogP contribution is 2.60. The van der Waals surface area contributed by atoms with Crippen molar-refractivity contribution in [1.29, 1.82) is 0 Å². The van der Waals surface area contributed by atoms with Crippen molar-refractivity contribution in [3.05, 3.63) is 203 Å². The molecule has 2 atom stereocenters. The van der Waals surface area contributed by atoms with E-state index in [-0.39, 0.29) is 16.7 Å². The third kappa shape index (κ3) is 4.78. The average Bonchev–Trinajstić information content (AvgIpc) is 3.80. The van der Waals surface area contributed by atoms with Crippen LogP contribution in [0.15, 0.2) is 186 Å². The lowest BCUT2D eigenvalue weighted by Gasteiger charge is -2.46. The van der Waals surface area contributed by atoms with Gasteiger partial charge in [0.05, 0.1) is 17.1 Å². The van der Waals surface area contributed by atoms with Crippen molar-refractivity contribution < 1.29 is 0 Å². The van der Waals surface area contributed by atoms with Crippen LogP contribution in [0.25, 0.3) is 41.7 Å². The van der Waals surface area contributed by atoms with Gasteiger partial charge in [0.15, 0.2) is 0 Å². The first kappa shape index (κ1) is 34.8. The molecule has 0 amide bonds. The van der Waals surface area contributed by atoms with Gasteiger partial charge in [-0.25, -0.2) is 0 Å². The molecular weight excluding hydrogens is 765 g/mol. The second kappa shape index (κ2) is 12.3. The Kier molecular flexibility index (Phi) is 7.10. The van der Waals surface area contributed by atoms with E-state index in [9.17, 15) is 0 Å². The molecule has 2 unspecified atom stereocenters. The Morgan fingerprint density at radius 3 is 1.62 bits per heavy atom. The first-order valence-corrected chi connectivity index (χ1v) is 22.8. The maximum atomic E-state index is 2.63. The number of thiophene rings is 1. The van der Waals surface area contributed by atoms with Gasteiger partial charge in [0.25, 0.3) is 0 Å². The zero-order chi connectivity index (χ0) is 40.1. The fraction of sp³-hybridized carbons (Fsp3) is 0.143. The number of fused-ring (bicyclic) bond motifs is 12. The van der Waals surface area contributed by atoms with Gasteiger partial charge in [-0.3, -0.25) is 0 Å². The molecule has 60 heavy (non-hydrogen) atoms. The van der Waals surface area contributed by atoms with Gasteiger partial charge in [-0.2, -0.15) is 0 Å². The molecule has 4 heteroatoms. The fourth-order valence-electron chi connectivity index (χ4n) is 10.9. The molecule has 2 nitrogen and oxygen atoms in total. The van der Waals surface area contributed by atoms with Crippen LogP contribution in [0.5, 0.6) is 0 Å². The van der Waals surface area contributed by atoms with Gasteiger partial charge < -0.3 is 9.80 Å². The number of allylic oxidation sites excluding steroid dienone is 2. The molecule has 0 saturated heterocycles. The summed E-state index contributed by atoms with van der Waals surface area (Å²) >= 11 is 4.02. The monoisotopic (exact) mass is 806 g/mol. The van der Waals surface area contributed by atoms with Crippen LogP contribution in [0.1, 0.15) is 55.9 Å². The summed E-state index contributed by atoms with van der Waals surface area (Å²) in [5.41, 5.74) is 14.2. The maximum absolute atomic E-state index is 2.63. The van der Waals surface area contributed by atoms with Crippen molar-refractivity contribution in [2.75, 3.05) is 9.80 Å². The van der Waals surface area contributed by atoms with E-state index in [1.807, 2.05) is 11.3 Å². The lowest BCUT2D eigenvalue weighted by atomic mass is 9.68. The molecule has 0 spiro atoms. The summed E-state index contributed by atoms with van der Waals surface area (Å²) in [5, 5.41) is 8.17. The van der Waals surface area contributed by atoms with Crippen molar-refractivity contribution in [2.45, 2.75) is 54.6 Å². The minimum absolute atomic E-state index is 0.157. The maximum Gasteiger partial charge on any atom is 0.0509 e. The normalized spacial score (nSPS) is 19.3. The molecule has 288 valence electrons. The van der Waals surface area contributed by atoms with E-state index in [2.05, 4.69) is 219 Å². The number of rotatable bonds is 2. The summed E-state index contributed by atoms with van der Waals surface area (Å²) < 4.78 is 2.73. The van der Waals surface area contributed by atoms with Crippen LogP contribution < -0.4 is 9.80 Å². The molecule has 0 N–H and O–H groups in total. The number of anilines is 5. The second-order valence-corrected chi connectivity index (χ2v) is 20.4. The first-order valence-electron chi connectivity index (χ1n) is 21.2. The van der Waals surface area contributed by atoms with Crippen LogP contribution in [-0.4, -0.2) is 5.25 Å². The highest BCUT2D eigenvalue weighted by Gasteiger charge is 2.45. The Balaban J connectivity index is 0.984. The topological polar surface area (TPSA) is 6.48 Å². The number of thioether (sulfide) groups is 1. The minimum atomic E-state index is -0.184. The second-order valence-electron chi connectivity index (χ2n) is 18.1. The third-order valence-electron chi connectivity index (χ3n) is 14.1. The van der Waals surface area contributed by atoms with Gasteiger partial charge in [-0.1, -0.05) is 125 Å². The van der Waals surface area contributed by atoms with Gasteiger partial charge in [-0.05, 0) is 122 Å². The Labute approximate surface area is 359 Å². The number of hydrogen-bond donors (Lipinski definition) is 0. The van der Waals surface area contributed by atoms with Gasteiger partial charge in [-0.15, -0.1) is 23.1 Å². The van der Waals surface area contributed by atoms with E-state index in [0.717, 1.165) is 0 Å². The van der Waals surface area contributed by atoms with Gasteiger partial charge in [0.2, 0.25) is 0 Å². The van der Waals surface area contributed by atoms with Crippen LogP contribution in [0.4, 0.5) is 28.4 Å². The fourth-order valence-corrected chi connectivity index (χ4v) is 13.5. The molecule has 0 fully saturated rings. The van der Waals surface area contributed by atoms with Crippen molar-refractivity contribution >= 4 is 93.3 Å². The number of nitrogens with zero attached hydrogens (tertiary/aromatic N) is 2. The molecule has 0 saturated carbocycles. The van der Waals surface area contributed by atoms with Crippen LogP contribution in [0.3, 0.4) is 0 Å². The molecular formula is C56H42N2S2. The summed E-state index contributed by atoms with van der Waals surface area (Å²) in [6.07, 6.45) is 5.24. The van der Waals surface area contributed by atoms with Crippen molar-refractivity contribution in [3.8, 4) is 0 Å². The number of hydrogen-bond acceptors (Lipinski definition) is 4. The van der Waals surface area contributed by atoms with E-state index in [4.69, 9.17) is 0 Å². The zero-order valence-corrected chi connectivity index (χ0v) is 35.7. The Morgan fingerprint density at radius 2 is 0.967 bits per heavy atom. The molecule has 8 aromatic carbocycles. The zero-order valence-electron chi connectivity index (χ0n) is 34.0. The Bertz CT molecular complexity index is 3370. The summed E-state index contributed by atoms with van der Waals surface area (Å²) in [7, 11) is 0. The molecule has 4 heterocycles. The summed E-state index contributed by atoms with van der Waals surface area (Å²) in [6.45, 7) is 9.69. The van der Waals surface area contributed by atoms with Gasteiger partial charge >= 0.3 is 0 Å². The van der Waals surface area contributed by atoms with E-state index in [1.54, 1.807) is 0 Å². The quantitative estimate of drug-likeness (QED) is 0.172. The molecule has 9 aromatic rings. The number of benzene rings is 8. The largest absolute Gasteiger partial charge is 0.310 e. The molecule has 4 aliphatic rings. The molecule has 13 rings (SSSR count). The summed E-state index contributed by atoms with van der Waals surface area (Å²) in [5.74, 6) is 0.284. The molecule has 1 aromatic heterocycles. The van der Waals surface area contributed by atoms with Crippen LogP contribution in [0.2, 0.25) is 0 Å². The van der Waals surface area contributed by atoms with E-state index < -0.39 is 0 Å². The van der Waals surface area contributed by atoms with E-state index in [0.29, 0.717) is 5.25 Å². The van der Waals surface area contributed by atoms with Crippen LogP contribution in [-0.2, 0) is 10.8 Å². The predicted octanol–water partition coefficient (Wildman–Crippen LogP) is 16.0. The average molecular weight is 807 g/mol. The van der Waals surface area contributed by atoms with Gasteiger partial charge in [0.1, 0.15) is 0 Å². The summed E-state index contributed by atoms with van der Waals surface area (Å²) in [6, 6.07) is 59.4. The SMILES string of the molecule is CC1(C)C2=CC3Sc4cc5c(cc4C3C=C2N(c2ccccc2)c2cc3ccccc3cc21)sc1cc2c(cc15)N(c1ccccc1)c1cc3ccccc3cc1C2(C)C. The Morgan fingerprint density at radius 1 is 0.467 bits per heavy atom. The molecule has 1 aliphatic carbocycles. The molecule has 0 bridgehead atoms. The Hall–Kier alpha value is -6.07. The lowest BCUT2D eigenvalue weighted by Crippen LogP contribution is -2.38. The smallest absolute Gasteiger partial charge is 0.0509 e. The van der Waals surface area contributed by atoms with E-state index >= 15 is 0 Å². The number of para-hydroxylation sites is 2. The van der Waals surface area contributed by atoms with E-state index in [1.165, 1.54) is 109 Å². The van der Waals surface area contributed by atoms with Gasteiger partial charge in [0, 0.05) is 64.1 Å². The van der Waals surface area contributed by atoms with Crippen LogP contribution in [0, 0.1) is 0 Å². The minimum Gasteiger partial charge on any atom is -0.310 e. The lowest BCUT2D eigenvalue weighted by molar-refractivity contribution is 0.600. The van der Waals surface area contributed by atoms with Crippen molar-refractivity contribution in [2.24, 2.45) is 0 Å². The van der Waals surface area contributed by atoms with Crippen LogP contribution >= 0.6 is 23.1 Å². The van der Waals surface area contributed by atoms with Crippen molar-refractivity contribution in [3.63, 3.8) is 0 Å².